The highest BCUT2D eigenvalue weighted by molar-refractivity contribution is 5.95. The highest BCUT2D eigenvalue weighted by Gasteiger charge is 2.18. The molecule has 0 spiro atoms. The van der Waals surface area contributed by atoms with E-state index in [0.29, 0.717) is 5.75 Å². The van der Waals surface area contributed by atoms with Gasteiger partial charge in [-0.3, -0.25) is 4.79 Å². The Bertz CT molecular complexity index is 675. The number of amides is 1. The predicted molar refractivity (Wildman–Crippen MR) is 74.9 cm³/mol. The third-order valence-corrected chi connectivity index (χ3v) is 2.97. The van der Waals surface area contributed by atoms with E-state index in [-0.39, 0.29) is 23.4 Å². The van der Waals surface area contributed by atoms with Gasteiger partial charge < -0.3 is 15.8 Å². The molecule has 0 aliphatic heterocycles. The van der Waals surface area contributed by atoms with Crippen molar-refractivity contribution in [2.75, 3.05) is 13.8 Å². The summed E-state index contributed by atoms with van der Waals surface area (Å²) in [6.07, 6.45) is 0. The lowest BCUT2D eigenvalue weighted by atomic mass is 10.0. The lowest BCUT2D eigenvalue weighted by Crippen LogP contribution is -2.30. The van der Waals surface area contributed by atoms with Crippen LogP contribution >= 0.6 is 0 Å². The summed E-state index contributed by atoms with van der Waals surface area (Å²) in [4.78, 5) is 11.7. The number of ether oxygens (including phenoxy) is 1. The number of hydrogen-bond donors (Lipinski definition) is 2. The molecule has 2 aromatic carbocycles. The molecule has 0 heterocycles. The quantitative estimate of drug-likeness (QED) is 0.850. The van der Waals surface area contributed by atoms with E-state index in [1.807, 2.05) is 0 Å². The molecule has 4 nitrogen and oxygen atoms in total. The van der Waals surface area contributed by atoms with Crippen molar-refractivity contribution in [3.63, 3.8) is 0 Å². The van der Waals surface area contributed by atoms with Crippen LogP contribution in [0, 0.1) is 11.6 Å². The Kier molecular flexibility index (Phi) is 4.49. The maximum Gasteiger partial charge on any atom is 0.255 e. The summed E-state index contributed by atoms with van der Waals surface area (Å²) >= 11 is 0. The first-order chi connectivity index (χ1) is 10.1. The number of carbonyl (C=O) groups excluding carboxylic acids is 1. The number of halogens is 2. The van der Waals surface area contributed by atoms with Crippen molar-refractivity contribution >= 4 is 5.91 Å². The summed E-state index contributed by atoms with van der Waals surface area (Å²) in [5.74, 6) is -1.68. The average molecular weight is 292 g/mol. The van der Waals surface area contributed by atoms with Crippen molar-refractivity contribution in [2.45, 2.75) is 0 Å². The van der Waals surface area contributed by atoms with Gasteiger partial charge >= 0.3 is 0 Å². The molecule has 0 fully saturated rings. The Balaban J connectivity index is 2.55. The molecular formula is C15H14F2N2O2. The largest absolute Gasteiger partial charge is 0.497 e. The fourth-order valence-electron chi connectivity index (χ4n) is 1.94. The minimum absolute atomic E-state index is 0.0175. The van der Waals surface area contributed by atoms with Crippen LogP contribution in [-0.4, -0.2) is 19.7 Å². The van der Waals surface area contributed by atoms with E-state index in [0.717, 1.165) is 0 Å². The third-order valence-electron chi connectivity index (χ3n) is 2.97. The number of rotatable bonds is 4. The number of carbonyl (C=O) groups is 1. The zero-order chi connectivity index (χ0) is 15.4. The van der Waals surface area contributed by atoms with Gasteiger partial charge in [0.2, 0.25) is 0 Å². The topological polar surface area (TPSA) is 64.3 Å². The highest BCUT2D eigenvalue weighted by atomic mass is 19.1. The lowest BCUT2D eigenvalue weighted by molar-refractivity contribution is 0.0951. The molecule has 0 aliphatic carbocycles. The van der Waals surface area contributed by atoms with Crippen LogP contribution in [0.3, 0.4) is 0 Å². The summed E-state index contributed by atoms with van der Waals surface area (Å²) in [6, 6.07) is 8.16. The van der Waals surface area contributed by atoms with Crippen LogP contribution in [0.4, 0.5) is 8.78 Å². The Labute approximate surface area is 120 Å². The van der Waals surface area contributed by atoms with Gasteiger partial charge in [0.15, 0.2) is 0 Å². The van der Waals surface area contributed by atoms with E-state index in [9.17, 15) is 13.6 Å². The van der Waals surface area contributed by atoms with Gasteiger partial charge in [0.25, 0.3) is 5.91 Å². The first kappa shape index (κ1) is 14.9. The first-order valence-electron chi connectivity index (χ1n) is 6.19. The van der Waals surface area contributed by atoms with Crippen molar-refractivity contribution in [3.8, 4) is 16.9 Å². The van der Waals surface area contributed by atoms with Crippen LogP contribution in [-0.2, 0) is 0 Å². The van der Waals surface area contributed by atoms with Gasteiger partial charge in [-0.2, -0.15) is 0 Å². The van der Waals surface area contributed by atoms with Gasteiger partial charge in [0, 0.05) is 11.1 Å². The van der Waals surface area contributed by atoms with Crippen molar-refractivity contribution in [1.29, 1.82) is 0 Å². The van der Waals surface area contributed by atoms with Crippen LogP contribution < -0.4 is 15.8 Å². The summed E-state index contributed by atoms with van der Waals surface area (Å²) in [7, 11) is 1.43. The molecule has 0 unspecified atom stereocenters. The second-order valence-corrected chi connectivity index (χ2v) is 4.22. The summed E-state index contributed by atoms with van der Waals surface area (Å²) < 4.78 is 33.4. The smallest absolute Gasteiger partial charge is 0.255 e. The van der Waals surface area contributed by atoms with Crippen molar-refractivity contribution in [2.24, 2.45) is 5.73 Å². The maximum absolute atomic E-state index is 14.4. The van der Waals surface area contributed by atoms with Gasteiger partial charge in [-0.05, 0) is 24.3 Å². The van der Waals surface area contributed by atoms with Gasteiger partial charge in [0.05, 0.1) is 19.3 Å². The van der Waals surface area contributed by atoms with E-state index in [1.54, 1.807) is 0 Å². The Morgan fingerprint density at radius 1 is 1.24 bits per heavy atom. The SMILES string of the molecule is COc1ccc(F)c(-c2cccc(C(=O)NCN)c2F)c1. The fourth-order valence-corrected chi connectivity index (χ4v) is 1.94. The zero-order valence-electron chi connectivity index (χ0n) is 11.3. The molecular weight excluding hydrogens is 278 g/mol. The van der Waals surface area contributed by atoms with E-state index < -0.39 is 17.5 Å². The molecule has 21 heavy (non-hydrogen) atoms. The molecule has 0 bridgehead atoms. The van der Waals surface area contributed by atoms with Gasteiger partial charge in [-0.25, -0.2) is 8.78 Å². The fraction of sp³-hybridized carbons (Fsp3) is 0.133. The average Bonchev–Trinajstić information content (AvgIpc) is 2.48. The third kappa shape index (κ3) is 3.00. The second kappa shape index (κ2) is 6.32. The summed E-state index contributed by atoms with van der Waals surface area (Å²) in [5.41, 5.74) is 5.01. The van der Waals surface area contributed by atoms with Gasteiger partial charge in [-0.1, -0.05) is 12.1 Å². The molecule has 6 heteroatoms. The number of nitrogens with two attached hydrogens (primary N) is 1. The van der Waals surface area contributed by atoms with Crippen molar-refractivity contribution < 1.29 is 18.3 Å². The molecule has 2 aromatic rings. The lowest BCUT2D eigenvalue weighted by Gasteiger charge is -2.10. The standard InChI is InChI=1S/C15H14F2N2O2/c1-21-9-5-6-13(16)12(7-9)10-3-2-4-11(14(10)17)15(20)19-8-18/h2-7H,8,18H2,1H3,(H,19,20). The molecule has 0 radical (unpaired) electrons. The van der Waals surface area contributed by atoms with E-state index in [2.05, 4.69) is 5.32 Å². The number of hydrogen-bond acceptors (Lipinski definition) is 3. The summed E-state index contributed by atoms with van der Waals surface area (Å²) in [6.45, 7) is -0.115. The van der Waals surface area contributed by atoms with Crippen LogP contribution in [0.25, 0.3) is 11.1 Å². The Morgan fingerprint density at radius 2 is 2.00 bits per heavy atom. The normalized spacial score (nSPS) is 10.3. The summed E-state index contributed by atoms with van der Waals surface area (Å²) in [5, 5.41) is 2.30. The first-order valence-corrected chi connectivity index (χ1v) is 6.19. The zero-order valence-corrected chi connectivity index (χ0v) is 11.3. The molecule has 110 valence electrons. The number of nitrogens with one attached hydrogen (secondary N) is 1. The molecule has 1 amide bonds. The van der Waals surface area contributed by atoms with Gasteiger partial charge in [0.1, 0.15) is 17.4 Å². The van der Waals surface area contributed by atoms with Crippen LogP contribution in [0.15, 0.2) is 36.4 Å². The minimum Gasteiger partial charge on any atom is -0.497 e. The molecule has 0 atom stereocenters. The van der Waals surface area contributed by atoms with E-state index in [4.69, 9.17) is 10.5 Å². The monoisotopic (exact) mass is 292 g/mol. The predicted octanol–water partition coefficient (Wildman–Crippen LogP) is 2.29. The minimum atomic E-state index is -0.810. The molecule has 2 rings (SSSR count). The van der Waals surface area contributed by atoms with Crippen molar-refractivity contribution in [1.82, 2.24) is 5.32 Å². The van der Waals surface area contributed by atoms with E-state index in [1.165, 1.54) is 43.5 Å². The molecule has 0 saturated heterocycles. The number of methoxy groups -OCH3 is 1. The van der Waals surface area contributed by atoms with Crippen molar-refractivity contribution in [3.05, 3.63) is 53.6 Å². The van der Waals surface area contributed by atoms with Crippen LogP contribution in [0.2, 0.25) is 0 Å². The molecule has 3 N–H and O–H groups in total. The maximum atomic E-state index is 14.4. The Hall–Kier alpha value is -2.47. The van der Waals surface area contributed by atoms with Crippen LogP contribution in [0.5, 0.6) is 5.75 Å². The highest BCUT2D eigenvalue weighted by Crippen LogP contribution is 2.30. The Morgan fingerprint density at radius 3 is 2.67 bits per heavy atom. The van der Waals surface area contributed by atoms with Gasteiger partial charge in [-0.15, -0.1) is 0 Å². The molecule has 0 saturated carbocycles. The second-order valence-electron chi connectivity index (χ2n) is 4.22. The molecule has 0 aliphatic rings. The molecule has 0 aromatic heterocycles. The number of benzene rings is 2. The van der Waals surface area contributed by atoms with Crippen LogP contribution in [0.1, 0.15) is 10.4 Å². The van der Waals surface area contributed by atoms with E-state index >= 15 is 0 Å².